The molecule has 0 radical (unpaired) electrons. The van der Waals surface area contributed by atoms with Gasteiger partial charge in [0.1, 0.15) is 11.8 Å². The van der Waals surface area contributed by atoms with Gasteiger partial charge in [-0.1, -0.05) is 6.92 Å². The van der Waals surface area contributed by atoms with E-state index >= 15 is 0 Å². The first-order chi connectivity index (χ1) is 15.7. The van der Waals surface area contributed by atoms with Gasteiger partial charge in [-0.3, -0.25) is 18.8 Å². The summed E-state index contributed by atoms with van der Waals surface area (Å²) in [4.78, 5) is 26.7. The average molecular weight is 488 g/mol. The van der Waals surface area contributed by atoms with Gasteiger partial charge in [-0.05, 0) is 31.1 Å². The topological polar surface area (TPSA) is 102 Å². The predicted molar refractivity (Wildman–Crippen MR) is 123 cm³/mol. The molecule has 2 amide bonds. The molecule has 1 aromatic carbocycles. The van der Waals surface area contributed by atoms with Crippen LogP contribution in [0.1, 0.15) is 32.6 Å². The Kier molecular flexibility index (Phi) is 7.01. The van der Waals surface area contributed by atoms with Crippen molar-refractivity contribution in [2.45, 2.75) is 38.7 Å². The van der Waals surface area contributed by atoms with Gasteiger partial charge in [-0.15, -0.1) is 0 Å². The van der Waals surface area contributed by atoms with Gasteiger partial charge in [-0.2, -0.15) is 10.6 Å². The van der Waals surface area contributed by atoms with Crippen molar-refractivity contribution >= 4 is 34.0 Å². The summed E-state index contributed by atoms with van der Waals surface area (Å²) in [6, 6.07) is 2.29. The van der Waals surface area contributed by atoms with Crippen LogP contribution in [0.3, 0.4) is 0 Å². The first-order valence-corrected chi connectivity index (χ1v) is 13.3. The molecule has 1 unspecified atom stereocenters. The number of piperidine rings is 1. The molecule has 184 valence electrons. The second kappa shape index (κ2) is 9.63. The molecule has 3 saturated heterocycles. The SMILES string of the molecule is CCCC(=O)NCC1CN(c2cc(F)c(N3CCC(C4CS(O)(O)C4)CC3)c(F)c2)C(=O)O1. The van der Waals surface area contributed by atoms with Gasteiger partial charge in [0.15, 0.2) is 11.6 Å². The van der Waals surface area contributed by atoms with E-state index in [2.05, 4.69) is 5.32 Å². The third-order valence-corrected chi connectivity index (χ3v) is 8.60. The normalized spacial score (nSPS) is 24.4. The minimum absolute atomic E-state index is 0.0793. The summed E-state index contributed by atoms with van der Waals surface area (Å²) < 4.78 is 54.4. The number of anilines is 2. The highest BCUT2D eigenvalue weighted by Crippen LogP contribution is 2.55. The Morgan fingerprint density at radius 3 is 2.39 bits per heavy atom. The van der Waals surface area contributed by atoms with Crippen LogP contribution in [0.15, 0.2) is 12.1 Å². The van der Waals surface area contributed by atoms with E-state index in [9.17, 15) is 27.5 Å². The fraction of sp³-hybridized carbons (Fsp3) is 0.636. The molecule has 3 N–H and O–H groups in total. The lowest BCUT2D eigenvalue weighted by Crippen LogP contribution is -2.44. The summed E-state index contributed by atoms with van der Waals surface area (Å²) in [5.41, 5.74) is -0.0262. The molecule has 11 heteroatoms. The van der Waals surface area contributed by atoms with Crippen molar-refractivity contribution < 1.29 is 32.2 Å². The Morgan fingerprint density at radius 1 is 1.18 bits per heavy atom. The van der Waals surface area contributed by atoms with Crippen molar-refractivity contribution in [3.05, 3.63) is 23.8 Å². The van der Waals surface area contributed by atoms with Gasteiger partial charge in [-0.25, -0.2) is 13.6 Å². The van der Waals surface area contributed by atoms with Gasteiger partial charge < -0.3 is 15.0 Å². The zero-order valence-corrected chi connectivity index (χ0v) is 19.5. The van der Waals surface area contributed by atoms with Gasteiger partial charge in [0, 0.05) is 43.1 Å². The zero-order chi connectivity index (χ0) is 23.8. The minimum Gasteiger partial charge on any atom is -0.442 e. The Bertz CT molecular complexity index is 879. The number of hydrogen-bond acceptors (Lipinski definition) is 6. The number of amides is 2. The molecule has 1 aromatic rings. The lowest BCUT2D eigenvalue weighted by Gasteiger charge is -2.51. The minimum atomic E-state index is -2.39. The maximum Gasteiger partial charge on any atom is 0.414 e. The van der Waals surface area contributed by atoms with E-state index in [4.69, 9.17) is 4.74 Å². The third-order valence-electron chi connectivity index (χ3n) is 6.68. The van der Waals surface area contributed by atoms with Crippen molar-refractivity contribution in [2.24, 2.45) is 11.8 Å². The molecule has 1 atom stereocenters. The number of cyclic esters (lactones) is 1. The summed E-state index contributed by atoms with van der Waals surface area (Å²) in [7, 11) is -2.39. The Balaban J connectivity index is 1.36. The van der Waals surface area contributed by atoms with E-state index in [1.54, 1.807) is 4.90 Å². The molecule has 0 spiro atoms. The lowest BCUT2D eigenvalue weighted by atomic mass is 9.85. The first kappa shape index (κ1) is 24.0. The maximum atomic E-state index is 15.0. The monoisotopic (exact) mass is 487 g/mol. The Morgan fingerprint density at radius 2 is 1.82 bits per heavy atom. The number of halogens is 2. The average Bonchev–Trinajstić information content (AvgIpc) is 3.11. The molecule has 3 aliphatic rings. The zero-order valence-electron chi connectivity index (χ0n) is 18.6. The number of carbonyl (C=O) groups excluding carboxylic acids is 2. The van der Waals surface area contributed by atoms with Crippen LogP contribution in [0.4, 0.5) is 25.0 Å². The number of nitrogens with one attached hydrogen (secondary N) is 1. The van der Waals surface area contributed by atoms with Crippen LogP contribution in [-0.2, 0) is 9.53 Å². The molecular weight excluding hydrogens is 456 g/mol. The Hall–Kier alpha value is -2.11. The number of ether oxygens (including phenoxy) is 1. The van der Waals surface area contributed by atoms with E-state index in [-0.39, 0.29) is 36.3 Å². The lowest BCUT2D eigenvalue weighted by molar-refractivity contribution is -0.121. The molecule has 4 rings (SSSR count). The summed E-state index contributed by atoms with van der Waals surface area (Å²) >= 11 is 0. The second-order valence-corrected chi connectivity index (χ2v) is 11.4. The van der Waals surface area contributed by atoms with Crippen LogP contribution >= 0.6 is 10.6 Å². The van der Waals surface area contributed by atoms with Crippen molar-refractivity contribution in [3.8, 4) is 0 Å². The fourth-order valence-corrected chi connectivity index (χ4v) is 6.71. The van der Waals surface area contributed by atoms with E-state index in [1.807, 2.05) is 6.92 Å². The molecule has 0 saturated carbocycles. The summed E-state index contributed by atoms with van der Waals surface area (Å²) in [6.07, 6.45) is 1.27. The standard InChI is InChI=1S/C22H31F2N3O5S/c1-2-3-20(28)25-10-17-11-27(22(29)32-17)16-8-18(23)21(19(24)9-16)26-6-4-14(5-7-26)15-12-33(30,31)13-15/h8-9,14-15,17,30-31H,2-7,10-13H2,1H3,(H,25,28). The van der Waals surface area contributed by atoms with E-state index in [1.165, 1.54) is 4.90 Å². The summed E-state index contributed by atoms with van der Waals surface area (Å²) in [5, 5.41) is 2.69. The Labute approximate surface area is 193 Å². The molecule has 3 fully saturated rings. The first-order valence-electron chi connectivity index (χ1n) is 11.4. The molecular formula is C22H31F2N3O5S. The van der Waals surface area contributed by atoms with Crippen molar-refractivity contribution in [1.82, 2.24) is 5.32 Å². The number of benzene rings is 1. The third kappa shape index (κ3) is 5.36. The summed E-state index contributed by atoms with van der Waals surface area (Å²) in [6.45, 7) is 3.10. The van der Waals surface area contributed by atoms with Crippen molar-refractivity contribution in [1.29, 1.82) is 0 Å². The van der Waals surface area contributed by atoms with Gasteiger partial charge in [0.25, 0.3) is 0 Å². The van der Waals surface area contributed by atoms with Crippen LogP contribution < -0.4 is 15.1 Å². The van der Waals surface area contributed by atoms with Crippen molar-refractivity contribution in [3.63, 3.8) is 0 Å². The highest BCUT2D eigenvalue weighted by Gasteiger charge is 2.40. The molecule has 0 bridgehead atoms. The van der Waals surface area contributed by atoms with Crippen molar-refractivity contribution in [2.75, 3.05) is 47.5 Å². The van der Waals surface area contributed by atoms with E-state index in [0.717, 1.165) is 25.0 Å². The van der Waals surface area contributed by atoms with Gasteiger partial charge >= 0.3 is 6.09 Å². The second-order valence-electron chi connectivity index (χ2n) is 9.15. The smallest absolute Gasteiger partial charge is 0.414 e. The van der Waals surface area contributed by atoms with E-state index in [0.29, 0.717) is 43.4 Å². The van der Waals surface area contributed by atoms with Crippen LogP contribution in [0.5, 0.6) is 0 Å². The van der Waals surface area contributed by atoms with Gasteiger partial charge in [0.05, 0.1) is 18.8 Å². The molecule has 33 heavy (non-hydrogen) atoms. The number of hydrogen-bond donors (Lipinski definition) is 3. The molecule has 0 aliphatic carbocycles. The van der Waals surface area contributed by atoms with Crippen LogP contribution in [0.2, 0.25) is 0 Å². The number of rotatable bonds is 7. The quantitative estimate of drug-likeness (QED) is 0.541. The number of carbonyl (C=O) groups is 2. The predicted octanol–water partition coefficient (Wildman–Crippen LogP) is 3.80. The van der Waals surface area contributed by atoms with Crippen LogP contribution in [0.25, 0.3) is 0 Å². The maximum absolute atomic E-state index is 15.0. The molecule has 8 nitrogen and oxygen atoms in total. The largest absolute Gasteiger partial charge is 0.442 e. The molecule has 3 heterocycles. The van der Waals surface area contributed by atoms with Crippen LogP contribution in [0, 0.1) is 23.5 Å². The molecule has 3 aliphatic heterocycles. The van der Waals surface area contributed by atoms with Gasteiger partial charge in [0.2, 0.25) is 5.91 Å². The fourth-order valence-electron chi connectivity index (χ4n) is 4.90. The number of nitrogens with zero attached hydrogens (tertiary/aromatic N) is 2. The summed E-state index contributed by atoms with van der Waals surface area (Å²) in [5.74, 6) is -0.143. The van der Waals surface area contributed by atoms with E-state index < -0.39 is 34.4 Å². The molecule has 0 aromatic heterocycles. The highest BCUT2D eigenvalue weighted by atomic mass is 32.3. The highest BCUT2D eigenvalue weighted by molar-refractivity contribution is 8.25. The van der Waals surface area contributed by atoms with Crippen LogP contribution in [-0.4, -0.2) is 64.9 Å².